The summed E-state index contributed by atoms with van der Waals surface area (Å²) in [5.74, 6) is -1.49. The first kappa shape index (κ1) is 22.6. The molecule has 2 aromatic carbocycles. The van der Waals surface area contributed by atoms with E-state index in [0.29, 0.717) is 10.4 Å². The summed E-state index contributed by atoms with van der Waals surface area (Å²) in [6.45, 7) is 1.08. The zero-order valence-electron chi connectivity index (χ0n) is 15.5. The topological polar surface area (TPSA) is 75.7 Å². The third-order valence-electron chi connectivity index (χ3n) is 3.77. The molecule has 0 aliphatic carbocycles. The SMILES string of the molecule is CCOc1ccc(C(F)(F)F)cc1NC(=O)CN(C)S(=O)(=O)c1ccc(F)cc1. The molecule has 0 spiro atoms. The van der Waals surface area contributed by atoms with Gasteiger partial charge in [0.05, 0.1) is 29.3 Å². The van der Waals surface area contributed by atoms with E-state index in [9.17, 15) is 30.8 Å². The number of nitrogens with zero attached hydrogens (tertiary/aromatic N) is 1. The maximum absolute atomic E-state index is 13.0. The molecule has 158 valence electrons. The Bertz CT molecular complexity index is 976. The lowest BCUT2D eigenvalue weighted by Gasteiger charge is -2.18. The van der Waals surface area contributed by atoms with Gasteiger partial charge in [-0.05, 0) is 49.4 Å². The molecule has 0 heterocycles. The molecule has 0 saturated carbocycles. The molecule has 29 heavy (non-hydrogen) atoms. The predicted molar refractivity (Wildman–Crippen MR) is 97.5 cm³/mol. The fraction of sp³-hybridized carbons (Fsp3) is 0.278. The van der Waals surface area contributed by atoms with E-state index in [2.05, 4.69) is 5.32 Å². The van der Waals surface area contributed by atoms with Gasteiger partial charge in [-0.1, -0.05) is 0 Å². The van der Waals surface area contributed by atoms with Crippen LogP contribution in [0.5, 0.6) is 5.75 Å². The number of hydrogen-bond donors (Lipinski definition) is 1. The largest absolute Gasteiger partial charge is 0.492 e. The maximum Gasteiger partial charge on any atom is 0.416 e. The first-order valence-electron chi connectivity index (χ1n) is 8.31. The number of benzene rings is 2. The lowest BCUT2D eigenvalue weighted by atomic mass is 10.1. The fourth-order valence-electron chi connectivity index (χ4n) is 2.35. The van der Waals surface area contributed by atoms with E-state index in [0.717, 1.165) is 43.4 Å². The summed E-state index contributed by atoms with van der Waals surface area (Å²) >= 11 is 0. The van der Waals surface area contributed by atoms with Crippen molar-refractivity contribution in [2.75, 3.05) is 25.5 Å². The lowest BCUT2D eigenvalue weighted by molar-refractivity contribution is -0.137. The summed E-state index contributed by atoms with van der Waals surface area (Å²) in [6.07, 6.45) is -4.63. The molecule has 0 bridgehead atoms. The highest BCUT2D eigenvalue weighted by atomic mass is 32.2. The Labute approximate surface area is 165 Å². The van der Waals surface area contributed by atoms with Gasteiger partial charge in [0.1, 0.15) is 11.6 Å². The Morgan fingerprint density at radius 3 is 2.31 bits per heavy atom. The molecule has 0 atom stereocenters. The van der Waals surface area contributed by atoms with Crippen molar-refractivity contribution in [3.05, 3.63) is 53.8 Å². The minimum absolute atomic E-state index is 0.0119. The average molecular weight is 434 g/mol. The number of ether oxygens (including phenoxy) is 1. The van der Waals surface area contributed by atoms with Crippen LogP contribution < -0.4 is 10.1 Å². The van der Waals surface area contributed by atoms with Gasteiger partial charge in [0.25, 0.3) is 0 Å². The number of anilines is 1. The summed E-state index contributed by atoms with van der Waals surface area (Å²) in [7, 11) is -2.98. The normalized spacial score (nSPS) is 12.1. The number of sulfonamides is 1. The van der Waals surface area contributed by atoms with Gasteiger partial charge >= 0.3 is 6.18 Å². The van der Waals surface area contributed by atoms with Crippen LogP contribution in [0.4, 0.5) is 23.2 Å². The molecule has 0 radical (unpaired) electrons. The Hall–Kier alpha value is -2.66. The van der Waals surface area contributed by atoms with Crippen molar-refractivity contribution in [1.82, 2.24) is 4.31 Å². The van der Waals surface area contributed by atoms with Crippen LogP contribution in [0.2, 0.25) is 0 Å². The molecule has 0 fully saturated rings. The van der Waals surface area contributed by atoms with Gasteiger partial charge in [-0.3, -0.25) is 4.79 Å². The number of hydrogen-bond acceptors (Lipinski definition) is 4. The van der Waals surface area contributed by atoms with Crippen molar-refractivity contribution in [2.45, 2.75) is 18.0 Å². The number of halogens is 4. The van der Waals surface area contributed by atoms with E-state index in [1.54, 1.807) is 6.92 Å². The van der Waals surface area contributed by atoms with Crippen LogP contribution in [0, 0.1) is 5.82 Å². The molecule has 1 amide bonds. The van der Waals surface area contributed by atoms with Gasteiger partial charge in [-0.2, -0.15) is 17.5 Å². The molecule has 0 unspecified atom stereocenters. The Morgan fingerprint density at radius 1 is 1.14 bits per heavy atom. The summed E-state index contributed by atoms with van der Waals surface area (Å²) in [6, 6.07) is 6.58. The second kappa shape index (κ2) is 8.78. The van der Waals surface area contributed by atoms with E-state index < -0.39 is 40.0 Å². The van der Waals surface area contributed by atoms with Crippen molar-refractivity contribution >= 4 is 21.6 Å². The number of likely N-dealkylation sites (N-methyl/N-ethyl adjacent to an activating group) is 1. The molecular weight excluding hydrogens is 416 g/mol. The van der Waals surface area contributed by atoms with Crippen LogP contribution in [0.1, 0.15) is 12.5 Å². The van der Waals surface area contributed by atoms with Gasteiger partial charge in [0, 0.05) is 7.05 Å². The molecule has 6 nitrogen and oxygen atoms in total. The van der Waals surface area contributed by atoms with Gasteiger partial charge in [0.15, 0.2) is 0 Å². The highest BCUT2D eigenvalue weighted by molar-refractivity contribution is 7.89. The smallest absolute Gasteiger partial charge is 0.416 e. The molecule has 0 aliphatic rings. The highest BCUT2D eigenvalue weighted by Gasteiger charge is 2.31. The van der Waals surface area contributed by atoms with Gasteiger partial charge in [0.2, 0.25) is 15.9 Å². The van der Waals surface area contributed by atoms with Crippen LogP contribution in [0.25, 0.3) is 0 Å². The van der Waals surface area contributed by atoms with E-state index in [4.69, 9.17) is 4.74 Å². The third kappa shape index (κ3) is 5.67. The van der Waals surface area contributed by atoms with E-state index in [-0.39, 0.29) is 22.9 Å². The average Bonchev–Trinajstić information content (AvgIpc) is 2.62. The molecule has 0 aliphatic heterocycles. The summed E-state index contributed by atoms with van der Waals surface area (Å²) in [5.41, 5.74) is -1.23. The van der Waals surface area contributed by atoms with Gasteiger partial charge in [-0.15, -0.1) is 0 Å². The van der Waals surface area contributed by atoms with Crippen LogP contribution in [0.3, 0.4) is 0 Å². The van der Waals surface area contributed by atoms with E-state index in [1.165, 1.54) is 0 Å². The van der Waals surface area contributed by atoms with Crippen molar-refractivity contribution in [1.29, 1.82) is 0 Å². The molecule has 11 heteroatoms. The Morgan fingerprint density at radius 2 is 1.76 bits per heavy atom. The maximum atomic E-state index is 13.0. The Kier molecular flexibility index (Phi) is 6.85. The van der Waals surface area contributed by atoms with Gasteiger partial charge < -0.3 is 10.1 Å². The summed E-state index contributed by atoms with van der Waals surface area (Å²) in [5, 5.41) is 2.24. The molecule has 2 aromatic rings. The number of rotatable bonds is 7. The van der Waals surface area contributed by atoms with Crippen LogP contribution in [0.15, 0.2) is 47.4 Å². The first-order chi connectivity index (χ1) is 13.4. The molecule has 2 rings (SSSR count). The second-order valence-electron chi connectivity index (χ2n) is 5.90. The summed E-state index contributed by atoms with van der Waals surface area (Å²) in [4.78, 5) is 12.0. The zero-order chi connectivity index (χ0) is 21.8. The highest BCUT2D eigenvalue weighted by Crippen LogP contribution is 2.35. The van der Waals surface area contributed by atoms with Crippen molar-refractivity contribution in [3.63, 3.8) is 0 Å². The fourth-order valence-corrected chi connectivity index (χ4v) is 3.48. The van der Waals surface area contributed by atoms with Crippen molar-refractivity contribution in [3.8, 4) is 5.75 Å². The Balaban J connectivity index is 2.20. The standard InChI is InChI=1S/C18H18F4N2O4S/c1-3-28-16-9-4-12(18(20,21)22)10-15(16)23-17(25)11-24(2)29(26,27)14-7-5-13(19)6-8-14/h4-10H,3,11H2,1-2H3,(H,23,25). The van der Waals surface area contributed by atoms with Crippen LogP contribution in [-0.4, -0.2) is 38.8 Å². The van der Waals surface area contributed by atoms with Crippen LogP contribution >= 0.6 is 0 Å². The molecular formula is C18H18F4N2O4S. The third-order valence-corrected chi connectivity index (χ3v) is 5.59. The number of carbonyl (C=O) groups is 1. The minimum Gasteiger partial charge on any atom is -0.492 e. The number of amides is 1. The predicted octanol–water partition coefficient (Wildman–Crippen LogP) is 3.50. The molecule has 1 N–H and O–H groups in total. The number of nitrogens with one attached hydrogen (secondary N) is 1. The number of alkyl halides is 3. The van der Waals surface area contributed by atoms with E-state index in [1.807, 2.05) is 0 Å². The van der Waals surface area contributed by atoms with E-state index >= 15 is 0 Å². The van der Waals surface area contributed by atoms with Crippen molar-refractivity contribution < 1.29 is 35.5 Å². The van der Waals surface area contributed by atoms with Crippen molar-refractivity contribution in [2.24, 2.45) is 0 Å². The molecule has 0 aromatic heterocycles. The zero-order valence-corrected chi connectivity index (χ0v) is 16.3. The minimum atomic E-state index is -4.63. The first-order valence-corrected chi connectivity index (χ1v) is 9.75. The van der Waals surface area contributed by atoms with Gasteiger partial charge in [-0.25, -0.2) is 12.8 Å². The molecule has 0 saturated heterocycles. The number of carbonyl (C=O) groups excluding carboxylic acids is 1. The second-order valence-corrected chi connectivity index (χ2v) is 7.95. The summed E-state index contributed by atoms with van der Waals surface area (Å²) < 4.78 is 82.6. The lowest BCUT2D eigenvalue weighted by Crippen LogP contribution is -2.35. The monoisotopic (exact) mass is 434 g/mol. The van der Waals surface area contributed by atoms with Crippen LogP contribution in [-0.2, 0) is 21.0 Å². The quantitative estimate of drug-likeness (QED) is 0.677.